The van der Waals surface area contributed by atoms with Crippen molar-refractivity contribution >= 4 is 51.3 Å². The molecule has 1 amide bonds. The largest absolute Gasteiger partial charge is 0.491 e. The lowest BCUT2D eigenvalue weighted by Crippen LogP contribution is -2.17. The summed E-state index contributed by atoms with van der Waals surface area (Å²) in [4.78, 5) is 20.9. The number of nitrogens with one attached hydrogen (secondary N) is 1. The van der Waals surface area contributed by atoms with Gasteiger partial charge in [0.25, 0.3) is 11.8 Å². The maximum atomic E-state index is 11.8. The molecule has 3 aromatic rings. The first-order chi connectivity index (χ1) is 13.1. The number of furan rings is 1. The molecule has 1 N–H and O–H groups in total. The predicted octanol–water partition coefficient (Wildman–Crippen LogP) is 3.40. The van der Waals surface area contributed by atoms with Gasteiger partial charge in [-0.3, -0.25) is 9.78 Å². The van der Waals surface area contributed by atoms with E-state index in [0.29, 0.717) is 32.2 Å². The van der Waals surface area contributed by atoms with Crippen LogP contribution in [0, 0.1) is 0 Å². The number of rotatable bonds is 4. The van der Waals surface area contributed by atoms with Gasteiger partial charge in [0, 0.05) is 41.2 Å². The van der Waals surface area contributed by atoms with Crippen LogP contribution in [0.25, 0.3) is 28.2 Å². The maximum Gasteiger partial charge on any atom is 0.263 e. The van der Waals surface area contributed by atoms with Crippen LogP contribution in [0.15, 0.2) is 40.0 Å². The fourth-order valence-electron chi connectivity index (χ4n) is 2.69. The Morgan fingerprint density at radius 2 is 2.07 bits per heavy atom. The number of pyridine rings is 2. The van der Waals surface area contributed by atoms with Gasteiger partial charge in [-0.2, -0.15) is 0 Å². The van der Waals surface area contributed by atoms with Crippen LogP contribution in [0.2, 0.25) is 0 Å². The average Bonchev–Trinajstić information content (AvgIpc) is 3.22. The summed E-state index contributed by atoms with van der Waals surface area (Å²) >= 11 is 6.21. The highest BCUT2D eigenvalue weighted by molar-refractivity contribution is 8.26. The van der Waals surface area contributed by atoms with Gasteiger partial charge in [-0.15, -0.1) is 0 Å². The second kappa shape index (κ2) is 7.01. The molecule has 0 saturated carbocycles. The van der Waals surface area contributed by atoms with Crippen molar-refractivity contribution in [1.29, 1.82) is 0 Å². The third-order valence-electron chi connectivity index (χ3n) is 3.90. The molecule has 1 aliphatic heterocycles. The van der Waals surface area contributed by atoms with E-state index in [2.05, 4.69) is 15.3 Å². The van der Waals surface area contributed by atoms with E-state index in [1.54, 1.807) is 31.8 Å². The molecule has 4 rings (SSSR count). The summed E-state index contributed by atoms with van der Waals surface area (Å²) in [5.74, 6) is 1.21. The van der Waals surface area contributed by atoms with E-state index in [1.165, 1.54) is 18.9 Å². The summed E-state index contributed by atoms with van der Waals surface area (Å²) in [6, 6.07) is 3.63. The molecule has 136 valence electrons. The molecule has 0 unspecified atom stereocenters. The lowest BCUT2D eigenvalue weighted by atomic mass is 10.1. The van der Waals surface area contributed by atoms with Crippen LogP contribution in [0.1, 0.15) is 5.76 Å². The highest BCUT2D eigenvalue weighted by Crippen LogP contribution is 2.35. The van der Waals surface area contributed by atoms with Gasteiger partial charge in [-0.1, -0.05) is 24.0 Å². The van der Waals surface area contributed by atoms with Gasteiger partial charge in [-0.25, -0.2) is 4.98 Å². The second-order valence-corrected chi connectivity index (χ2v) is 7.26. The zero-order valence-electron chi connectivity index (χ0n) is 14.3. The summed E-state index contributed by atoms with van der Waals surface area (Å²) < 4.78 is 16.9. The van der Waals surface area contributed by atoms with E-state index in [-0.39, 0.29) is 5.91 Å². The van der Waals surface area contributed by atoms with Crippen molar-refractivity contribution in [3.8, 4) is 22.8 Å². The molecular weight excluding hydrogens is 386 g/mol. The molecule has 1 saturated heterocycles. The molecule has 0 spiro atoms. The zero-order chi connectivity index (χ0) is 19.0. The monoisotopic (exact) mass is 399 g/mol. The first-order valence-corrected chi connectivity index (χ1v) is 9.02. The summed E-state index contributed by atoms with van der Waals surface area (Å²) in [5.41, 5.74) is 2.16. The molecule has 0 radical (unpaired) electrons. The van der Waals surface area contributed by atoms with Crippen molar-refractivity contribution in [2.75, 3.05) is 14.2 Å². The van der Waals surface area contributed by atoms with E-state index in [1.807, 2.05) is 12.1 Å². The number of nitrogens with zero attached hydrogens (tertiary/aromatic N) is 2. The number of hydrogen-bond acceptors (Lipinski definition) is 8. The Bertz CT molecular complexity index is 1110. The molecule has 0 atom stereocenters. The van der Waals surface area contributed by atoms with Gasteiger partial charge in [0.15, 0.2) is 5.75 Å². The van der Waals surface area contributed by atoms with Crippen molar-refractivity contribution in [3.63, 3.8) is 0 Å². The fraction of sp³-hybridized carbons (Fsp3) is 0.111. The summed E-state index contributed by atoms with van der Waals surface area (Å²) in [6.45, 7) is 0. The highest BCUT2D eigenvalue weighted by Gasteiger charge is 2.23. The molecular formula is C18H13N3O4S2. The number of carbonyl (C=O) groups is 1. The minimum atomic E-state index is -0.229. The number of aromatic nitrogens is 2. The Labute approximate surface area is 163 Å². The van der Waals surface area contributed by atoms with E-state index >= 15 is 0 Å². The van der Waals surface area contributed by atoms with Crippen molar-refractivity contribution < 1.29 is 18.7 Å². The predicted molar refractivity (Wildman–Crippen MR) is 107 cm³/mol. The summed E-state index contributed by atoms with van der Waals surface area (Å²) in [5, 5.41) is 3.39. The van der Waals surface area contributed by atoms with Gasteiger partial charge in [-0.05, 0) is 12.1 Å². The number of fused-ring (bicyclic) bond motifs is 1. The first-order valence-electron chi connectivity index (χ1n) is 7.80. The Kier molecular flexibility index (Phi) is 4.54. The molecule has 0 aliphatic carbocycles. The lowest BCUT2D eigenvalue weighted by Gasteiger charge is -2.08. The number of hydrogen-bond donors (Lipinski definition) is 1. The van der Waals surface area contributed by atoms with Gasteiger partial charge >= 0.3 is 0 Å². The Morgan fingerprint density at radius 3 is 2.78 bits per heavy atom. The van der Waals surface area contributed by atoms with E-state index in [9.17, 15) is 4.79 Å². The number of carbonyl (C=O) groups excluding carboxylic acids is 1. The van der Waals surface area contributed by atoms with Crippen LogP contribution in [0.5, 0.6) is 11.6 Å². The van der Waals surface area contributed by atoms with Crippen LogP contribution in [-0.2, 0) is 4.79 Å². The van der Waals surface area contributed by atoms with Crippen molar-refractivity contribution in [2.24, 2.45) is 0 Å². The molecule has 9 heteroatoms. The number of thiocarbonyl (C=S) groups is 1. The first kappa shape index (κ1) is 17.5. The van der Waals surface area contributed by atoms with E-state index in [4.69, 9.17) is 26.1 Å². The Morgan fingerprint density at radius 1 is 1.22 bits per heavy atom. The molecule has 3 aromatic heterocycles. The molecule has 0 bridgehead atoms. The minimum absolute atomic E-state index is 0.229. The third-order valence-corrected chi connectivity index (χ3v) is 5.06. The van der Waals surface area contributed by atoms with Gasteiger partial charge < -0.3 is 19.2 Å². The van der Waals surface area contributed by atoms with Crippen LogP contribution < -0.4 is 14.8 Å². The van der Waals surface area contributed by atoms with Crippen LogP contribution in [0.3, 0.4) is 0 Å². The number of methoxy groups -OCH3 is 2. The Hall–Kier alpha value is -2.91. The zero-order valence-corrected chi connectivity index (χ0v) is 15.9. The normalized spacial score (nSPS) is 15.4. The minimum Gasteiger partial charge on any atom is -0.491 e. The fourth-order valence-corrected chi connectivity index (χ4v) is 3.71. The molecule has 0 aromatic carbocycles. The topological polar surface area (TPSA) is 86.5 Å². The average molecular weight is 399 g/mol. The third kappa shape index (κ3) is 3.26. The van der Waals surface area contributed by atoms with E-state index in [0.717, 1.165) is 16.5 Å². The molecule has 1 aliphatic rings. The molecule has 1 fully saturated rings. The second-order valence-electron chi connectivity index (χ2n) is 5.54. The van der Waals surface area contributed by atoms with Crippen molar-refractivity contribution in [3.05, 3.63) is 41.4 Å². The van der Waals surface area contributed by atoms with E-state index < -0.39 is 0 Å². The van der Waals surface area contributed by atoms with Gasteiger partial charge in [0.1, 0.15) is 15.7 Å². The van der Waals surface area contributed by atoms with Crippen LogP contribution in [-0.4, -0.2) is 34.4 Å². The number of thioether (sulfide) groups is 1. The number of ether oxygens (including phenoxy) is 2. The molecule has 4 heterocycles. The lowest BCUT2D eigenvalue weighted by molar-refractivity contribution is -0.115. The maximum absolute atomic E-state index is 11.8. The van der Waals surface area contributed by atoms with Crippen LogP contribution in [0.4, 0.5) is 0 Å². The molecule has 27 heavy (non-hydrogen) atoms. The molecule has 7 nitrogen and oxygen atoms in total. The summed E-state index contributed by atoms with van der Waals surface area (Å²) in [6.07, 6.45) is 6.72. The SMILES string of the molecule is COc1cc(-c2cncc3cc(C=C4SC(=S)NC4=O)oc23)cnc1OC. The number of amides is 1. The van der Waals surface area contributed by atoms with Crippen LogP contribution >= 0.6 is 24.0 Å². The smallest absolute Gasteiger partial charge is 0.263 e. The van der Waals surface area contributed by atoms with Gasteiger partial charge in [0.2, 0.25) is 0 Å². The standard InChI is InChI=1S/C18H13N3O4S2/c1-23-13-4-9(7-20-17(13)24-2)12-8-19-6-10-3-11(25-15(10)12)5-14-16(22)21-18(26)27-14/h3-8H,1-2H3,(H,21,22,26). The quantitative estimate of drug-likeness (QED) is 0.528. The van der Waals surface area contributed by atoms with Gasteiger partial charge in [0.05, 0.1) is 19.1 Å². The Balaban J connectivity index is 1.79. The van der Waals surface area contributed by atoms with Crippen molar-refractivity contribution in [2.45, 2.75) is 0 Å². The summed E-state index contributed by atoms with van der Waals surface area (Å²) in [7, 11) is 3.08. The highest BCUT2D eigenvalue weighted by atomic mass is 32.2. The van der Waals surface area contributed by atoms with Crippen molar-refractivity contribution in [1.82, 2.24) is 15.3 Å².